The number of fused-ring (bicyclic) bond motifs is 1. The molecule has 0 heterocycles. The van der Waals surface area contributed by atoms with Gasteiger partial charge < -0.3 is 5.32 Å². The Balaban J connectivity index is 2.42. The first-order valence-corrected chi connectivity index (χ1v) is 5.60. The van der Waals surface area contributed by atoms with Gasteiger partial charge in [0.2, 0.25) is 0 Å². The molecule has 0 radical (unpaired) electrons. The number of Topliss-reactive ketones (excluding diaryl/α,β-unsaturated/α-hetero) is 1. The number of ketones is 1. The smallest absolute Gasteiger partial charge is 0.165 e. The number of anilines is 1. The molecule has 1 aliphatic carbocycles. The molecule has 1 N–H and O–H groups in total. The van der Waals surface area contributed by atoms with Gasteiger partial charge in [-0.15, -0.1) is 0 Å². The van der Waals surface area contributed by atoms with Crippen molar-refractivity contribution in [2.75, 3.05) is 5.32 Å². The lowest BCUT2D eigenvalue weighted by molar-refractivity contribution is 0.0973. The van der Waals surface area contributed by atoms with E-state index in [1.54, 1.807) is 0 Å². The molecule has 0 amide bonds. The molecular weight excluding hydrogens is 186 g/mol. The van der Waals surface area contributed by atoms with Crippen molar-refractivity contribution in [3.05, 3.63) is 29.3 Å². The molecule has 0 unspecified atom stereocenters. The van der Waals surface area contributed by atoms with Gasteiger partial charge in [0.25, 0.3) is 0 Å². The normalized spacial score (nSPS) is 15.3. The van der Waals surface area contributed by atoms with Gasteiger partial charge in [0.05, 0.1) is 0 Å². The van der Waals surface area contributed by atoms with Crippen LogP contribution in [0.4, 0.5) is 5.69 Å². The largest absolute Gasteiger partial charge is 0.382 e. The molecule has 0 saturated heterocycles. The molecule has 80 valence electrons. The van der Waals surface area contributed by atoms with Crippen molar-refractivity contribution in [3.63, 3.8) is 0 Å². The van der Waals surface area contributed by atoms with Crippen LogP contribution in [0.5, 0.6) is 0 Å². The summed E-state index contributed by atoms with van der Waals surface area (Å²) in [5.41, 5.74) is 3.14. The van der Waals surface area contributed by atoms with Gasteiger partial charge in [-0.2, -0.15) is 0 Å². The molecule has 0 aliphatic heterocycles. The second-order valence-corrected chi connectivity index (χ2v) is 4.42. The Kier molecular flexibility index (Phi) is 2.76. The first-order chi connectivity index (χ1) is 7.18. The van der Waals surface area contributed by atoms with E-state index in [0.29, 0.717) is 18.2 Å². The summed E-state index contributed by atoms with van der Waals surface area (Å²) in [5.74, 6) is 0.292. The van der Waals surface area contributed by atoms with Gasteiger partial charge in [0.1, 0.15) is 0 Å². The third-order valence-corrected chi connectivity index (χ3v) is 2.72. The van der Waals surface area contributed by atoms with Gasteiger partial charge >= 0.3 is 0 Å². The highest BCUT2D eigenvalue weighted by molar-refractivity contribution is 6.03. The SMILES string of the molecule is CC(C)Nc1cccc2c1C(=O)CCC2. The maximum absolute atomic E-state index is 11.8. The summed E-state index contributed by atoms with van der Waals surface area (Å²) in [5, 5.41) is 3.34. The quantitative estimate of drug-likeness (QED) is 0.800. The molecule has 0 aromatic heterocycles. The van der Waals surface area contributed by atoms with Crippen LogP contribution < -0.4 is 5.32 Å². The lowest BCUT2D eigenvalue weighted by Crippen LogP contribution is -2.17. The number of benzene rings is 1. The minimum Gasteiger partial charge on any atom is -0.382 e. The minimum atomic E-state index is 0.292. The van der Waals surface area contributed by atoms with Crippen LogP contribution in [0.1, 0.15) is 42.6 Å². The fourth-order valence-corrected chi connectivity index (χ4v) is 2.13. The highest BCUT2D eigenvalue weighted by atomic mass is 16.1. The van der Waals surface area contributed by atoms with E-state index in [2.05, 4.69) is 25.2 Å². The van der Waals surface area contributed by atoms with Crippen molar-refractivity contribution >= 4 is 11.5 Å². The zero-order chi connectivity index (χ0) is 10.8. The number of rotatable bonds is 2. The number of hydrogen-bond acceptors (Lipinski definition) is 2. The van der Waals surface area contributed by atoms with Gasteiger partial charge in [-0.3, -0.25) is 4.79 Å². The van der Waals surface area contributed by atoms with Crippen molar-refractivity contribution in [2.24, 2.45) is 0 Å². The standard InChI is InChI=1S/C13H17NO/c1-9(2)14-11-7-3-5-10-6-4-8-12(15)13(10)11/h3,5,7,9,14H,4,6,8H2,1-2H3. The van der Waals surface area contributed by atoms with Crippen LogP contribution in [0, 0.1) is 0 Å². The van der Waals surface area contributed by atoms with Crippen LogP contribution in [0.3, 0.4) is 0 Å². The topological polar surface area (TPSA) is 29.1 Å². The maximum Gasteiger partial charge on any atom is 0.165 e. The Morgan fingerprint density at radius 2 is 2.07 bits per heavy atom. The second kappa shape index (κ2) is 4.05. The highest BCUT2D eigenvalue weighted by Crippen LogP contribution is 2.28. The van der Waals surface area contributed by atoms with Crippen molar-refractivity contribution in [1.29, 1.82) is 0 Å². The summed E-state index contributed by atoms with van der Waals surface area (Å²) in [7, 11) is 0. The van der Waals surface area contributed by atoms with E-state index < -0.39 is 0 Å². The molecule has 1 aromatic carbocycles. The van der Waals surface area contributed by atoms with E-state index in [4.69, 9.17) is 0 Å². The van der Waals surface area contributed by atoms with Crippen LogP contribution in [-0.2, 0) is 6.42 Å². The zero-order valence-corrected chi connectivity index (χ0v) is 9.34. The van der Waals surface area contributed by atoms with Crippen molar-refractivity contribution in [1.82, 2.24) is 0 Å². The molecule has 2 nitrogen and oxygen atoms in total. The summed E-state index contributed by atoms with van der Waals surface area (Å²) >= 11 is 0. The maximum atomic E-state index is 11.8. The molecule has 0 fully saturated rings. The van der Waals surface area contributed by atoms with Crippen LogP contribution in [-0.4, -0.2) is 11.8 Å². The van der Waals surface area contributed by atoms with Crippen molar-refractivity contribution in [3.8, 4) is 0 Å². The fourth-order valence-electron chi connectivity index (χ4n) is 2.13. The summed E-state index contributed by atoms with van der Waals surface area (Å²) in [6.07, 6.45) is 2.73. The molecule has 1 aromatic rings. The average molecular weight is 203 g/mol. The first kappa shape index (κ1) is 10.2. The predicted molar refractivity (Wildman–Crippen MR) is 62.5 cm³/mol. The molecule has 2 rings (SSSR count). The van der Waals surface area contributed by atoms with Crippen LogP contribution in [0.25, 0.3) is 0 Å². The number of nitrogens with one attached hydrogen (secondary N) is 1. The molecule has 1 aliphatic rings. The molecule has 0 saturated carbocycles. The molecule has 0 bridgehead atoms. The number of carbonyl (C=O) groups excluding carboxylic acids is 1. The van der Waals surface area contributed by atoms with E-state index >= 15 is 0 Å². The Morgan fingerprint density at radius 3 is 2.80 bits per heavy atom. The molecule has 0 spiro atoms. The van der Waals surface area contributed by atoms with Gasteiger partial charge in [0.15, 0.2) is 5.78 Å². The summed E-state index contributed by atoms with van der Waals surface area (Å²) in [4.78, 5) is 11.8. The van der Waals surface area contributed by atoms with E-state index in [-0.39, 0.29) is 0 Å². The van der Waals surface area contributed by atoms with Crippen LogP contribution in [0.15, 0.2) is 18.2 Å². The van der Waals surface area contributed by atoms with Gasteiger partial charge in [-0.25, -0.2) is 0 Å². The van der Waals surface area contributed by atoms with Crippen LogP contribution in [0.2, 0.25) is 0 Å². The first-order valence-electron chi connectivity index (χ1n) is 5.60. The fraction of sp³-hybridized carbons (Fsp3) is 0.462. The molecule has 0 atom stereocenters. The third-order valence-electron chi connectivity index (χ3n) is 2.72. The third kappa shape index (κ3) is 2.04. The predicted octanol–water partition coefficient (Wildman–Crippen LogP) is 3.03. The van der Waals surface area contributed by atoms with E-state index in [0.717, 1.165) is 24.1 Å². The van der Waals surface area contributed by atoms with Crippen molar-refractivity contribution < 1.29 is 4.79 Å². The Labute approximate surface area is 90.7 Å². The number of hydrogen-bond donors (Lipinski definition) is 1. The lowest BCUT2D eigenvalue weighted by atomic mass is 9.89. The Hall–Kier alpha value is -1.31. The van der Waals surface area contributed by atoms with Crippen LogP contribution >= 0.6 is 0 Å². The zero-order valence-electron chi connectivity index (χ0n) is 9.34. The summed E-state index contributed by atoms with van der Waals surface area (Å²) in [6, 6.07) is 6.47. The minimum absolute atomic E-state index is 0.292. The average Bonchev–Trinajstić information content (AvgIpc) is 2.17. The molecular formula is C13H17NO. The summed E-state index contributed by atoms with van der Waals surface area (Å²) < 4.78 is 0. The van der Waals surface area contributed by atoms with E-state index in [1.807, 2.05) is 12.1 Å². The molecule has 15 heavy (non-hydrogen) atoms. The lowest BCUT2D eigenvalue weighted by Gasteiger charge is -2.20. The van der Waals surface area contributed by atoms with E-state index in [1.165, 1.54) is 5.56 Å². The molecule has 2 heteroatoms. The Morgan fingerprint density at radius 1 is 1.27 bits per heavy atom. The Bertz CT molecular complexity index is 382. The summed E-state index contributed by atoms with van der Waals surface area (Å²) in [6.45, 7) is 4.18. The monoisotopic (exact) mass is 203 g/mol. The van der Waals surface area contributed by atoms with Gasteiger partial charge in [-0.05, 0) is 38.3 Å². The highest BCUT2D eigenvalue weighted by Gasteiger charge is 2.20. The number of aryl methyl sites for hydroxylation is 1. The van der Waals surface area contributed by atoms with Gasteiger partial charge in [0, 0.05) is 23.7 Å². The number of carbonyl (C=O) groups is 1. The van der Waals surface area contributed by atoms with E-state index in [9.17, 15) is 4.79 Å². The van der Waals surface area contributed by atoms with Gasteiger partial charge in [-0.1, -0.05) is 12.1 Å². The second-order valence-electron chi connectivity index (χ2n) is 4.42. The van der Waals surface area contributed by atoms with Crippen molar-refractivity contribution in [2.45, 2.75) is 39.2 Å².